The lowest BCUT2D eigenvalue weighted by Crippen LogP contribution is -2.34. The second-order valence-electron chi connectivity index (χ2n) is 2.08. The lowest BCUT2D eigenvalue weighted by molar-refractivity contribution is -0.146. The van der Waals surface area contributed by atoms with E-state index in [-0.39, 0.29) is 13.0 Å². The Morgan fingerprint density at radius 1 is 1.58 bits per heavy atom. The minimum atomic E-state index is -3.80. The summed E-state index contributed by atoms with van der Waals surface area (Å²) in [6, 6.07) is 0. The topological polar surface area (TPSA) is 130 Å². The van der Waals surface area contributed by atoms with Gasteiger partial charge in [-0.3, -0.25) is 0 Å². The average molecular weight is 198 g/mol. The number of hydrogen-bond donors (Lipinski definition) is 4. The molecule has 0 aliphatic rings. The van der Waals surface area contributed by atoms with E-state index >= 15 is 0 Å². The monoisotopic (exact) mass is 198 g/mol. The van der Waals surface area contributed by atoms with Crippen molar-refractivity contribution >= 4 is 16.2 Å². The fourth-order valence-corrected chi connectivity index (χ4v) is 0.864. The highest BCUT2D eigenvalue weighted by Gasteiger charge is 2.12. The molecule has 0 aliphatic heterocycles. The zero-order valence-corrected chi connectivity index (χ0v) is 6.91. The van der Waals surface area contributed by atoms with Gasteiger partial charge in [0, 0.05) is 6.54 Å². The Labute approximate surface area is 69.4 Å². The van der Waals surface area contributed by atoms with Gasteiger partial charge in [-0.2, -0.15) is 8.42 Å². The predicted molar refractivity (Wildman–Crippen MR) is 39.4 cm³/mol. The van der Waals surface area contributed by atoms with Gasteiger partial charge in [-0.05, 0) is 6.42 Å². The molecule has 0 amide bonds. The molecule has 0 fully saturated rings. The van der Waals surface area contributed by atoms with E-state index in [0.717, 1.165) is 0 Å². The number of rotatable bonds is 5. The third-order valence-electron chi connectivity index (χ3n) is 1.01. The minimum absolute atomic E-state index is 0.202. The quantitative estimate of drug-likeness (QED) is 0.391. The number of aliphatic carboxylic acids is 1. The van der Waals surface area contributed by atoms with E-state index in [1.165, 1.54) is 0 Å². The number of nitrogens with two attached hydrogens (primary N) is 1. The number of hydrogen-bond acceptors (Lipinski definition) is 4. The van der Waals surface area contributed by atoms with Gasteiger partial charge in [0.25, 0.3) is 10.2 Å². The number of aliphatic hydroxyl groups is 1. The Hall–Kier alpha value is -0.700. The van der Waals surface area contributed by atoms with Gasteiger partial charge in [-0.25, -0.2) is 14.7 Å². The summed E-state index contributed by atoms with van der Waals surface area (Å²) in [5, 5.41) is 21.3. The first kappa shape index (κ1) is 11.3. The molecule has 0 spiro atoms. The summed E-state index contributed by atoms with van der Waals surface area (Å²) in [5.41, 5.74) is 0. The molecule has 0 heterocycles. The summed E-state index contributed by atoms with van der Waals surface area (Å²) >= 11 is 0. The molecule has 12 heavy (non-hydrogen) atoms. The number of carboxylic acids is 1. The SMILES string of the molecule is NS(=O)(=O)NCCC(O)C(=O)O. The van der Waals surface area contributed by atoms with E-state index in [4.69, 9.17) is 10.2 Å². The van der Waals surface area contributed by atoms with Gasteiger partial charge in [0.2, 0.25) is 0 Å². The maximum absolute atomic E-state index is 10.2. The van der Waals surface area contributed by atoms with Gasteiger partial charge < -0.3 is 10.2 Å². The third kappa shape index (κ3) is 6.04. The second kappa shape index (κ2) is 4.36. The molecule has 0 aromatic rings. The normalized spacial score (nSPS) is 14.2. The van der Waals surface area contributed by atoms with Crippen molar-refractivity contribution in [2.75, 3.05) is 6.54 Å². The minimum Gasteiger partial charge on any atom is -0.479 e. The first-order valence-corrected chi connectivity index (χ1v) is 4.56. The summed E-state index contributed by atoms with van der Waals surface area (Å²) < 4.78 is 22.3. The standard InChI is InChI=1S/C4H10N2O5S/c5-12(10,11)6-2-1-3(7)4(8)9/h3,6-7H,1-2H2,(H,8,9)(H2,5,10,11). The van der Waals surface area contributed by atoms with Crippen LogP contribution in [0.15, 0.2) is 0 Å². The highest BCUT2D eigenvalue weighted by Crippen LogP contribution is 1.89. The second-order valence-corrected chi connectivity index (χ2v) is 3.46. The first-order valence-electron chi connectivity index (χ1n) is 3.01. The van der Waals surface area contributed by atoms with Crippen LogP contribution in [0.2, 0.25) is 0 Å². The summed E-state index contributed by atoms with van der Waals surface area (Å²) in [6.45, 7) is -0.202. The summed E-state index contributed by atoms with van der Waals surface area (Å²) in [4.78, 5) is 10.00. The zero-order chi connectivity index (χ0) is 9.78. The molecular weight excluding hydrogens is 188 g/mol. The van der Waals surface area contributed by atoms with E-state index in [0.29, 0.717) is 0 Å². The van der Waals surface area contributed by atoms with Crippen LogP contribution >= 0.6 is 0 Å². The number of carbonyl (C=O) groups is 1. The predicted octanol–water partition coefficient (Wildman–Crippen LogP) is -2.38. The van der Waals surface area contributed by atoms with Gasteiger partial charge >= 0.3 is 5.97 Å². The van der Waals surface area contributed by atoms with Crippen molar-refractivity contribution in [3.05, 3.63) is 0 Å². The molecule has 0 bridgehead atoms. The van der Waals surface area contributed by atoms with Crippen molar-refractivity contribution in [2.45, 2.75) is 12.5 Å². The molecule has 0 saturated heterocycles. The molecule has 8 heteroatoms. The summed E-state index contributed by atoms with van der Waals surface area (Å²) in [5.74, 6) is -1.40. The average Bonchev–Trinajstić information content (AvgIpc) is 1.84. The van der Waals surface area contributed by atoms with Crippen LogP contribution in [0.4, 0.5) is 0 Å². The Balaban J connectivity index is 3.65. The highest BCUT2D eigenvalue weighted by atomic mass is 32.2. The van der Waals surface area contributed by atoms with Crippen molar-refractivity contribution in [3.8, 4) is 0 Å². The molecule has 0 saturated carbocycles. The lowest BCUT2D eigenvalue weighted by atomic mass is 10.3. The number of aliphatic hydroxyl groups excluding tert-OH is 1. The van der Waals surface area contributed by atoms with Crippen LogP contribution in [-0.2, 0) is 15.0 Å². The van der Waals surface area contributed by atoms with Crippen LogP contribution in [0.25, 0.3) is 0 Å². The molecule has 1 atom stereocenters. The number of nitrogens with one attached hydrogen (secondary N) is 1. The van der Waals surface area contributed by atoms with Crippen molar-refractivity contribution in [3.63, 3.8) is 0 Å². The Bertz CT molecular complexity index is 248. The summed E-state index contributed by atoms with van der Waals surface area (Å²) in [6.07, 6.45) is -1.79. The van der Waals surface area contributed by atoms with Gasteiger partial charge in [0.1, 0.15) is 0 Å². The van der Waals surface area contributed by atoms with Gasteiger partial charge in [-0.15, -0.1) is 0 Å². The highest BCUT2D eigenvalue weighted by molar-refractivity contribution is 7.87. The van der Waals surface area contributed by atoms with E-state index in [9.17, 15) is 13.2 Å². The molecule has 72 valence electrons. The van der Waals surface area contributed by atoms with Crippen LogP contribution in [0, 0.1) is 0 Å². The largest absolute Gasteiger partial charge is 0.479 e. The van der Waals surface area contributed by atoms with Crippen LogP contribution in [-0.4, -0.2) is 37.2 Å². The maximum Gasteiger partial charge on any atom is 0.332 e. The summed E-state index contributed by atoms with van der Waals surface area (Å²) in [7, 11) is -3.80. The lowest BCUT2D eigenvalue weighted by Gasteiger charge is -2.04. The first-order chi connectivity index (χ1) is 5.33. The van der Waals surface area contributed by atoms with Crippen LogP contribution in [0.5, 0.6) is 0 Å². The Morgan fingerprint density at radius 3 is 2.42 bits per heavy atom. The van der Waals surface area contributed by atoms with E-state index in [1.54, 1.807) is 0 Å². The van der Waals surface area contributed by atoms with Gasteiger partial charge in [-0.1, -0.05) is 0 Å². The molecule has 0 rings (SSSR count). The Morgan fingerprint density at radius 2 is 2.08 bits per heavy atom. The molecule has 7 nitrogen and oxygen atoms in total. The van der Waals surface area contributed by atoms with Crippen molar-refractivity contribution in [1.29, 1.82) is 0 Å². The zero-order valence-electron chi connectivity index (χ0n) is 6.10. The van der Waals surface area contributed by atoms with Crippen molar-refractivity contribution < 1.29 is 23.4 Å². The van der Waals surface area contributed by atoms with Crippen molar-refractivity contribution in [2.24, 2.45) is 5.14 Å². The third-order valence-corrected chi connectivity index (χ3v) is 1.61. The molecular formula is C4H10N2O5S. The van der Waals surface area contributed by atoms with E-state index < -0.39 is 22.3 Å². The van der Waals surface area contributed by atoms with Crippen LogP contribution in [0.3, 0.4) is 0 Å². The molecule has 0 aliphatic carbocycles. The van der Waals surface area contributed by atoms with Crippen LogP contribution in [0.1, 0.15) is 6.42 Å². The molecule has 0 aromatic heterocycles. The molecule has 0 aromatic carbocycles. The molecule has 5 N–H and O–H groups in total. The van der Waals surface area contributed by atoms with Crippen LogP contribution < -0.4 is 9.86 Å². The number of carboxylic acid groups (broad SMARTS) is 1. The maximum atomic E-state index is 10.2. The molecule has 0 radical (unpaired) electrons. The smallest absolute Gasteiger partial charge is 0.332 e. The Kier molecular flexibility index (Phi) is 4.10. The van der Waals surface area contributed by atoms with E-state index in [2.05, 4.69) is 5.14 Å². The fourth-order valence-electron chi connectivity index (χ4n) is 0.461. The van der Waals surface area contributed by atoms with Gasteiger partial charge in [0.15, 0.2) is 6.10 Å². The van der Waals surface area contributed by atoms with E-state index in [1.807, 2.05) is 4.72 Å². The fraction of sp³-hybridized carbons (Fsp3) is 0.750. The van der Waals surface area contributed by atoms with Gasteiger partial charge in [0.05, 0.1) is 0 Å². The van der Waals surface area contributed by atoms with Crippen molar-refractivity contribution in [1.82, 2.24) is 4.72 Å². The molecule has 1 unspecified atom stereocenters.